The van der Waals surface area contributed by atoms with Crippen LogP contribution in [0, 0.1) is 5.82 Å². The maximum absolute atomic E-state index is 13.5. The fourth-order valence-corrected chi connectivity index (χ4v) is 1.59. The van der Waals surface area contributed by atoms with Crippen molar-refractivity contribution in [3.8, 4) is 5.75 Å². The van der Waals surface area contributed by atoms with Crippen molar-refractivity contribution in [1.82, 2.24) is 0 Å². The molecule has 0 aliphatic rings. The second kappa shape index (κ2) is 7.23. The number of ether oxygens (including phenoxy) is 1. The lowest BCUT2D eigenvalue weighted by atomic mass is 10.1. The second-order valence-electron chi connectivity index (χ2n) is 3.82. The van der Waals surface area contributed by atoms with Gasteiger partial charge >= 0.3 is 0 Å². The van der Waals surface area contributed by atoms with Gasteiger partial charge in [0.2, 0.25) is 0 Å². The summed E-state index contributed by atoms with van der Waals surface area (Å²) in [5.74, 6) is 0.0894. The highest BCUT2D eigenvalue weighted by molar-refractivity contribution is 5.35. The van der Waals surface area contributed by atoms with Crippen molar-refractivity contribution in [2.75, 3.05) is 13.2 Å². The van der Waals surface area contributed by atoms with Gasteiger partial charge in [-0.25, -0.2) is 4.39 Å². The molecule has 16 heavy (non-hydrogen) atoms. The Labute approximate surface area is 96.6 Å². The molecule has 0 saturated carbocycles. The number of nitrogens with two attached hydrogens (primary N) is 1. The van der Waals surface area contributed by atoms with E-state index in [2.05, 4.69) is 6.92 Å². The Morgan fingerprint density at radius 1 is 1.31 bits per heavy atom. The number of para-hydroxylation sites is 1. The zero-order valence-electron chi connectivity index (χ0n) is 9.84. The van der Waals surface area contributed by atoms with E-state index in [1.807, 2.05) is 6.07 Å². The monoisotopic (exact) mass is 225 g/mol. The van der Waals surface area contributed by atoms with Crippen LogP contribution < -0.4 is 10.5 Å². The van der Waals surface area contributed by atoms with Crippen molar-refractivity contribution < 1.29 is 9.13 Å². The van der Waals surface area contributed by atoms with Crippen molar-refractivity contribution in [2.24, 2.45) is 5.73 Å². The first-order valence-corrected chi connectivity index (χ1v) is 5.89. The van der Waals surface area contributed by atoms with E-state index in [0.717, 1.165) is 24.8 Å². The molecule has 1 rings (SSSR count). The van der Waals surface area contributed by atoms with Crippen molar-refractivity contribution in [3.05, 3.63) is 29.6 Å². The van der Waals surface area contributed by atoms with E-state index in [4.69, 9.17) is 10.5 Å². The molecule has 1 aromatic carbocycles. The molecule has 0 spiro atoms. The topological polar surface area (TPSA) is 35.2 Å². The molecule has 2 N–H and O–H groups in total. The van der Waals surface area contributed by atoms with E-state index in [9.17, 15) is 4.39 Å². The predicted molar refractivity (Wildman–Crippen MR) is 64.2 cm³/mol. The van der Waals surface area contributed by atoms with Crippen LogP contribution in [0.25, 0.3) is 0 Å². The van der Waals surface area contributed by atoms with Crippen molar-refractivity contribution >= 4 is 0 Å². The number of hydrogen-bond acceptors (Lipinski definition) is 2. The van der Waals surface area contributed by atoms with E-state index < -0.39 is 0 Å². The first-order valence-electron chi connectivity index (χ1n) is 5.89. The van der Waals surface area contributed by atoms with E-state index in [-0.39, 0.29) is 5.82 Å². The molecule has 0 saturated heterocycles. The molecule has 3 heteroatoms. The standard InChI is InChI=1S/C13H20FNO/c1-2-3-4-10-16-13-11(8-9-15)6-5-7-12(13)14/h5-7H,2-4,8-10,15H2,1H3. The van der Waals surface area contributed by atoms with Gasteiger partial charge in [0.25, 0.3) is 0 Å². The summed E-state index contributed by atoms with van der Waals surface area (Å²) in [5.41, 5.74) is 6.34. The van der Waals surface area contributed by atoms with Gasteiger partial charge in [-0.05, 0) is 31.0 Å². The molecule has 0 fully saturated rings. The molecule has 1 aromatic rings. The predicted octanol–water partition coefficient (Wildman–Crippen LogP) is 2.90. The molecule has 2 nitrogen and oxygen atoms in total. The first kappa shape index (κ1) is 13.0. The summed E-state index contributed by atoms with van der Waals surface area (Å²) < 4.78 is 19.0. The summed E-state index contributed by atoms with van der Waals surface area (Å²) in [6, 6.07) is 4.99. The fraction of sp³-hybridized carbons (Fsp3) is 0.538. The lowest BCUT2D eigenvalue weighted by molar-refractivity contribution is 0.288. The molecular formula is C13H20FNO. The van der Waals surface area contributed by atoms with Crippen LogP contribution >= 0.6 is 0 Å². The molecule has 0 amide bonds. The SMILES string of the molecule is CCCCCOc1c(F)cccc1CCN. The highest BCUT2D eigenvalue weighted by Gasteiger charge is 2.08. The molecular weight excluding hydrogens is 205 g/mol. The molecule has 0 heterocycles. The number of unbranched alkanes of at least 4 members (excludes halogenated alkanes) is 2. The molecule has 0 bridgehead atoms. The Morgan fingerprint density at radius 2 is 2.12 bits per heavy atom. The fourth-order valence-electron chi connectivity index (χ4n) is 1.59. The van der Waals surface area contributed by atoms with Gasteiger partial charge in [0.1, 0.15) is 0 Å². The molecule has 0 unspecified atom stereocenters. The zero-order valence-corrected chi connectivity index (χ0v) is 9.84. The van der Waals surface area contributed by atoms with Crippen LogP contribution in [0.15, 0.2) is 18.2 Å². The Kier molecular flexibility index (Phi) is 5.86. The normalized spacial score (nSPS) is 10.4. The van der Waals surface area contributed by atoms with E-state index in [0.29, 0.717) is 25.3 Å². The van der Waals surface area contributed by atoms with Crippen molar-refractivity contribution in [2.45, 2.75) is 32.6 Å². The van der Waals surface area contributed by atoms with Crippen LogP contribution in [0.5, 0.6) is 5.75 Å². The average Bonchev–Trinajstić information content (AvgIpc) is 2.28. The second-order valence-corrected chi connectivity index (χ2v) is 3.82. The summed E-state index contributed by atoms with van der Waals surface area (Å²) in [5, 5.41) is 0. The van der Waals surface area contributed by atoms with Gasteiger partial charge in [-0.1, -0.05) is 31.9 Å². The third-order valence-corrected chi connectivity index (χ3v) is 2.46. The largest absolute Gasteiger partial charge is 0.490 e. The summed E-state index contributed by atoms with van der Waals surface area (Å²) in [6.07, 6.45) is 3.87. The minimum Gasteiger partial charge on any atom is -0.490 e. The van der Waals surface area contributed by atoms with Crippen LogP contribution in [0.4, 0.5) is 4.39 Å². The van der Waals surface area contributed by atoms with Gasteiger partial charge < -0.3 is 10.5 Å². The summed E-state index contributed by atoms with van der Waals surface area (Å²) >= 11 is 0. The maximum atomic E-state index is 13.5. The van der Waals surface area contributed by atoms with Crippen LogP contribution in [0.3, 0.4) is 0 Å². The van der Waals surface area contributed by atoms with Gasteiger partial charge in [0, 0.05) is 0 Å². The minimum absolute atomic E-state index is 0.289. The van der Waals surface area contributed by atoms with Crippen LogP contribution in [0.2, 0.25) is 0 Å². The molecule has 90 valence electrons. The Hall–Kier alpha value is -1.09. The number of rotatable bonds is 7. The smallest absolute Gasteiger partial charge is 0.165 e. The lowest BCUT2D eigenvalue weighted by Crippen LogP contribution is -2.07. The molecule has 0 atom stereocenters. The highest BCUT2D eigenvalue weighted by Crippen LogP contribution is 2.23. The summed E-state index contributed by atoms with van der Waals surface area (Å²) in [6.45, 7) is 3.21. The van der Waals surface area contributed by atoms with Gasteiger partial charge in [0.05, 0.1) is 6.61 Å². The van der Waals surface area contributed by atoms with Gasteiger partial charge in [-0.2, -0.15) is 0 Å². The third kappa shape index (κ3) is 3.81. The molecule has 0 aliphatic heterocycles. The Balaban J connectivity index is 2.61. The van der Waals surface area contributed by atoms with E-state index in [1.165, 1.54) is 6.07 Å². The molecule has 0 aromatic heterocycles. The van der Waals surface area contributed by atoms with E-state index in [1.54, 1.807) is 6.07 Å². The summed E-state index contributed by atoms with van der Waals surface area (Å²) in [4.78, 5) is 0. The van der Waals surface area contributed by atoms with Gasteiger partial charge in [0.15, 0.2) is 11.6 Å². The maximum Gasteiger partial charge on any atom is 0.165 e. The first-order chi connectivity index (χ1) is 7.79. The lowest BCUT2D eigenvalue weighted by Gasteiger charge is -2.11. The minimum atomic E-state index is -0.289. The Morgan fingerprint density at radius 3 is 2.81 bits per heavy atom. The van der Waals surface area contributed by atoms with Gasteiger partial charge in [-0.3, -0.25) is 0 Å². The summed E-state index contributed by atoms with van der Waals surface area (Å²) in [7, 11) is 0. The number of halogens is 1. The zero-order chi connectivity index (χ0) is 11.8. The number of hydrogen-bond donors (Lipinski definition) is 1. The van der Waals surface area contributed by atoms with Crippen LogP contribution in [-0.2, 0) is 6.42 Å². The quantitative estimate of drug-likeness (QED) is 0.724. The van der Waals surface area contributed by atoms with E-state index >= 15 is 0 Å². The van der Waals surface area contributed by atoms with Gasteiger partial charge in [-0.15, -0.1) is 0 Å². The highest BCUT2D eigenvalue weighted by atomic mass is 19.1. The number of benzene rings is 1. The average molecular weight is 225 g/mol. The Bertz CT molecular complexity index is 315. The third-order valence-electron chi connectivity index (χ3n) is 2.46. The molecule has 0 aliphatic carbocycles. The van der Waals surface area contributed by atoms with Crippen LogP contribution in [0.1, 0.15) is 31.7 Å². The van der Waals surface area contributed by atoms with Crippen LogP contribution in [-0.4, -0.2) is 13.2 Å². The van der Waals surface area contributed by atoms with Crippen molar-refractivity contribution in [3.63, 3.8) is 0 Å². The van der Waals surface area contributed by atoms with Crippen molar-refractivity contribution in [1.29, 1.82) is 0 Å². The molecule has 0 radical (unpaired) electrons.